The standard InChI is InChI=1S/C8H7.3C4H9.Sn/c1-2-8-6-4-3-5-7-8;3*1-3-4-2;/h3-7H,1H2;3*1,3-4H2,2H3;/i1D2;;;;. The summed E-state index contributed by atoms with van der Waals surface area (Å²) in [6.45, 7) is 6.91. The summed E-state index contributed by atoms with van der Waals surface area (Å²) in [4.78, 5) is 0. The molecule has 118 valence electrons. The molecule has 1 heteroatoms. The van der Waals surface area contributed by atoms with Crippen molar-refractivity contribution in [3.63, 3.8) is 0 Å². The van der Waals surface area contributed by atoms with Crippen LogP contribution in [0.25, 0.3) is 3.59 Å². The van der Waals surface area contributed by atoms with Crippen molar-refractivity contribution in [3.05, 3.63) is 42.4 Å². The van der Waals surface area contributed by atoms with Crippen molar-refractivity contribution in [3.8, 4) is 0 Å². The van der Waals surface area contributed by atoms with Gasteiger partial charge in [-0.25, -0.2) is 0 Å². The Labute approximate surface area is 139 Å². The molecule has 0 atom stereocenters. The fourth-order valence-electron chi connectivity index (χ4n) is 3.21. The van der Waals surface area contributed by atoms with E-state index in [0.29, 0.717) is 0 Å². The summed E-state index contributed by atoms with van der Waals surface area (Å²) in [6, 6.07) is 10.4. The summed E-state index contributed by atoms with van der Waals surface area (Å²) < 4.78 is 21.6. The van der Waals surface area contributed by atoms with Crippen LogP contribution in [0.2, 0.25) is 13.3 Å². The maximum absolute atomic E-state index is 8.23. The van der Waals surface area contributed by atoms with Crippen LogP contribution in [0.5, 0.6) is 0 Å². The van der Waals surface area contributed by atoms with Gasteiger partial charge in [0.05, 0.1) is 0 Å². The van der Waals surface area contributed by atoms with Gasteiger partial charge in [0.1, 0.15) is 0 Å². The normalized spacial score (nSPS) is 12.7. The van der Waals surface area contributed by atoms with Gasteiger partial charge in [0, 0.05) is 0 Å². The van der Waals surface area contributed by atoms with E-state index in [4.69, 9.17) is 2.74 Å². The van der Waals surface area contributed by atoms with Crippen molar-refractivity contribution in [1.29, 1.82) is 0 Å². The predicted octanol–water partition coefficient (Wildman–Crippen LogP) is 7.09. The second-order valence-corrected chi connectivity index (χ2v) is 19.3. The average molecular weight is 395 g/mol. The van der Waals surface area contributed by atoms with Crippen molar-refractivity contribution in [2.75, 3.05) is 0 Å². The molecular formula is C20H34Sn. The summed E-state index contributed by atoms with van der Waals surface area (Å²) in [6.07, 6.45) is 7.49. The van der Waals surface area contributed by atoms with Gasteiger partial charge in [-0.1, -0.05) is 0 Å². The molecule has 1 aromatic carbocycles. The van der Waals surface area contributed by atoms with Crippen LogP contribution >= 0.6 is 0 Å². The first-order chi connectivity index (χ1) is 11.1. The molecule has 21 heavy (non-hydrogen) atoms. The molecule has 0 fully saturated rings. The summed E-state index contributed by atoms with van der Waals surface area (Å²) in [7, 11) is 0. The van der Waals surface area contributed by atoms with E-state index in [0.717, 1.165) is 0 Å². The van der Waals surface area contributed by atoms with E-state index in [2.05, 4.69) is 45.0 Å². The fraction of sp³-hybridized carbons (Fsp3) is 0.600. The molecule has 0 saturated carbocycles. The van der Waals surface area contributed by atoms with Gasteiger partial charge in [-0.3, -0.25) is 0 Å². The van der Waals surface area contributed by atoms with Gasteiger partial charge in [0.25, 0.3) is 0 Å². The third-order valence-corrected chi connectivity index (χ3v) is 19.7. The van der Waals surface area contributed by atoms with Gasteiger partial charge in [-0.15, -0.1) is 0 Å². The molecule has 0 N–H and O–H groups in total. The molecule has 0 saturated heterocycles. The Balaban J connectivity index is 3.32. The molecule has 1 rings (SSSR count). The summed E-state index contributed by atoms with van der Waals surface area (Å²) in [5.41, 5.74) is 1.17. The topological polar surface area (TPSA) is 0 Å². The van der Waals surface area contributed by atoms with E-state index in [1.165, 1.54) is 61.0 Å². The molecule has 0 aliphatic heterocycles. The van der Waals surface area contributed by atoms with E-state index in [-0.39, 0.29) is 6.53 Å². The first-order valence-corrected chi connectivity index (χ1v) is 16.3. The molecular weight excluding hydrogens is 359 g/mol. The van der Waals surface area contributed by atoms with Crippen LogP contribution < -0.4 is 0 Å². The van der Waals surface area contributed by atoms with Crippen LogP contribution in [0.3, 0.4) is 0 Å². The third-order valence-electron chi connectivity index (χ3n) is 4.62. The molecule has 0 radical (unpaired) electrons. The predicted molar refractivity (Wildman–Crippen MR) is 100 cm³/mol. The van der Waals surface area contributed by atoms with Crippen LogP contribution in [0.4, 0.5) is 0 Å². The number of unbranched alkanes of at least 4 members (excludes halogenated alkanes) is 3. The minimum atomic E-state index is -2.70. The Kier molecular flexibility index (Phi) is 7.81. The van der Waals surface area contributed by atoms with Crippen LogP contribution in [0.1, 0.15) is 67.6 Å². The quantitative estimate of drug-likeness (QED) is 0.351. The first kappa shape index (κ1) is 15.6. The van der Waals surface area contributed by atoms with Crippen LogP contribution in [-0.4, -0.2) is 18.4 Å². The van der Waals surface area contributed by atoms with Crippen molar-refractivity contribution in [2.24, 2.45) is 0 Å². The van der Waals surface area contributed by atoms with Crippen LogP contribution in [0, 0.1) is 0 Å². The maximum atomic E-state index is 8.23. The molecule has 0 bridgehead atoms. The zero-order valence-corrected chi connectivity index (χ0v) is 17.1. The van der Waals surface area contributed by atoms with Crippen LogP contribution in [-0.2, 0) is 0 Å². The van der Waals surface area contributed by atoms with E-state index in [9.17, 15) is 0 Å². The van der Waals surface area contributed by atoms with Crippen molar-refractivity contribution in [1.82, 2.24) is 0 Å². The van der Waals surface area contributed by atoms with Crippen molar-refractivity contribution in [2.45, 2.75) is 72.6 Å². The Morgan fingerprint density at radius 2 is 1.38 bits per heavy atom. The zero-order valence-electron chi connectivity index (χ0n) is 16.3. The molecule has 1 aromatic rings. The van der Waals surface area contributed by atoms with Gasteiger partial charge in [0.15, 0.2) is 0 Å². The van der Waals surface area contributed by atoms with E-state index in [1.807, 2.05) is 6.07 Å². The molecule has 0 heterocycles. The van der Waals surface area contributed by atoms with E-state index >= 15 is 0 Å². The molecule has 0 spiro atoms. The molecule has 0 amide bonds. The van der Waals surface area contributed by atoms with Crippen molar-refractivity contribution < 1.29 is 2.74 Å². The monoisotopic (exact) mass is 396 g/mol. The Morgan fingerprint density at radius 1 is 0.905 bits per heavy atom. The number of hydrogen-bond acceptors (Lipinski definition) is 0. The van der Waals surface area contributed by atoms with Crippen LogP contribution in [0.15, 0.2) is 36.9 Å². The van der Waals surface area contributed by atoms with Gasteiger partial charge in [0.2, 0.25) is 0 Å². The van der Waals surface area contributed by atoms with Gasteiger partial charge in [-0.2, -0.15) is 0 Å². The molecule has 0 aliphatic rings. The first-order valence-electron chi connectivity index (χ1n) is 9.84. The summed E-state index contributed by atoms with van der Waals surface area (Å²) >= 11 is -2.70. The van der Waals surface area contributed by atoms with E-state index < -0.39 is 18.4 Å². The van der Waals surface area contributed by atoms with Crippen molar-refractivity contribution >= 4 is 22.0 Å². The second-order valence-electron chi connectivity index (χ2n) is 6.33. The summed E-state index contributed by atoms with van der Waals surface area (Å²) in [5.74, 6) is 0. The Morgan fingerprint density at radius 3 is 1.76 bits per heavy atom. The van der Waals surface area contributed by atoms with Gasteiger partial charge < -0.3 is 0 Å². The number of benzene rings is 1. The number of hydrogen-bond donors (Lipinski definition) is 0. The molecule has 0 aliphatic carbocycles. The minimum absolute atomic E-state index is 0.107. The SMILES string of the molecule is [2H]C([2H])=[C](c1ccccc1)[Sn]([CH2]CCC)([CH2]CCC)[CH2]CCC. The van der Waals surface area contributed by atoms with Gasteiger partial charge in [-0.05, 0) is 0 Å². The second kappa shape index (κ2) is 10.5. The molecule has 0 aromatic heterocycles. The zero-order chi connectivity index (χ0) is 17.1. The third kappa shape index (κ3) is 5.81. The Bertz CT molecular complexity index is 442. The number of rotatable bonds is 11. The molecule has 0 nitrogen and oxygen atoms in total. The van der Waals surface area contributed by atoms with E-state index in [1.54, 1.807) is 0 Å². The molecule has 0 unspecified atom stereocenters. The van der Waals surface area contributed by atoms with Gasteiger partial charge >= 0.3 is 140 Å². The Hall–Kier alpha value is -0.241. The fourth-order valence-corrected chi connectivity index (χ4v) is 18.5. The average Bonchev–Trinajstić information content (AvgIpc) is 2.56. The summed E-state index contributed by atoms with van der Waals surface area (Å²) in [5, 5.41) is 0.